The predicted molar refractivity (Wildman–Crippen MR) is 110 cm³/mol. The van der Waals surface area contributed by atoms with E-state index >= 15 is 0 Å². The van der Waals surface area contributed by atoms with Gasteiger partial charge in [0.2, 0.25) is 17.7 Å². The number of imide groups is 1. The number of piperidine rings is 1. The molecule has 3 amide bonds. The number of para-hydroxylation sites is 1. The fraction of sp³-hybridized carbons (Fsp3) is 0.609. The Bertz CT molecular complexity index is 835. The van der Waals surface area contributed by atoms with Crippen molar-refractivity contribution in [3.63, 3.8) is 0 Å². The van der Waals surface area contributed by atoms with Gasteiger partial charge in [0.15, 0.2) is 0 Å². The van der Waals surface area contributed by atoms with Gasteiger partial charge in [0, 0.05) is 37.5 Å². The Hall–Kier alpha value is -2.41. The molecule has 1 saturated carbocycles. The number of aliphatic hydroxyl groups is 1. The third-order valence-corrected chi connectivity index (χ3v) is 6.86. The number of carbonyl (C=O) groups is 3. The van der Waals surface area contributed by atoms with E-state index in [1.807, 2.05) is 12.1 Å². The molecule has 1 aromatic carbocycles. The Morgan fingerprint density at radius 1 is 1.17 bits per heavy atom. The fourth-order valence-corrected chi connectivity index (χ4v) is 5.33. The number of hydrogen-bond acceptors (Lipinski definition) is 5. The van der Waals surface area contributed by atoms with Crippen LogP contribution in [0.15, 0.2) is 24.3 Å². The average Bonchev–Trinajstić information content (AvgIpc) is 3.35. The van der Waals surface area contributed by atoms with E-state index in [0.29, 0.717) is 24.3 Å². The Morgan fingerprint density at radius 3 is 2.60 bits per heavy atom. The number of benzene rings is 1. The van der Waals surface area contributed by atoms with Crippen molar-refractivity contribution in [1.82, 2.24) is 9.80 Å². The van der Waals surface area contributed by atoms with Gasteiger partial charge in [0.25, 0.3) is 0 Å². The van der Waals surface area contributed by atoms with Crippen molar-refractivity contribution in [2.75, 3.05) is 20.2 Å². The van der Waals surface area contributed by atoms with E-state index in [-0.39, 0.29) is 43.1 Å². The average molecular weight is 415 g/mol. The van der Waals surface area contributed by atoms with Gasteiger partial charge in [-0.2, -0.15) is 0 Å². The number of nitrogens with zero attached hydrogens (tertiary/aromatic N) is 2. The summed E-state index contributed by atoms with van der Waals surface area (Å²) in [5.41, 5.74) is -0.663. The molecule has 2 atom stereocenters. The Morgan fingerprint density at radius 2 is 1.90 bits per heavy atom. The maximum Gasteiger partial charge on any atom is 0.241 e. The maximum absolute atomic E-state index is 13.8. The second-order valence-electron chi connectivity index (χ2n) is 8.78. The molecule has 3 fully saturated rings. The molecule has 2 saturated heterocycles. The van der Waals surface area contributed by atoms with E-state index in [9.17, 15) is 19.5 Å². The van der Waals surface area contributed by atoms with Crippen LogP contribution in [0.4, 0.5) is 0 Å². The van der Waals surface area contributed by atoms with Gasteiger partial charge in [-0.3, -0.25) is 19.3 Å². The molecule has 162 valence electrons. The van der Waals surface area contributed by atoms with Crippen molar-refractivity contribution in [2.45, 2.75) is 68.9 Å². The van der Waals surface area contributed by atoms with Crippen LogP contribution in [-0.2, 0) is 19.8 Å². The molecule has 3 aliphatic rings. The quantitative estimate of drug-likeness (QED) is 0.745. The highest BCUT2D eigenvalue weighted by atomic mass is 16.5. The first-order valence-electron chi connectivity index (χ1n) is 10.9. The molecule has 4 rings (SSSR count). The number of likely N-dealkylation sites (tertiary alicyclic amines) is 2. The summed E-state index contributed by atoms with van der Waals surface area (Å²) in [5.74, 6) is -0.174. The summed E-state index contributed by atoms with van der Waals surface area (Å²) in [7, 11) is 1.53. The zero-order valence-electron chi connectivity index (χ0n) is 17.5. The van der Waals surface area contributed by atoms with Gasteiger partial charge in [-0.25, -0.2) is 0 Å². The summed E-state index contributed by atoms with van der Waals surface area (Å²) in [6, 6.07) is 7.11. The third-order valence-electron chi connectivity index (χ3n) is 6.86. The van der Waals surface area contributed by atoms with E-state index in [2.05, 4.69) is 0 Å². The molecule has 0 spiro atoms. The Labute approximate surface area is 177 Å². The normalized spacial score (nSPS) is 27.7. The van der Waals surface area contributed by atoms with Crippen LogP contribution >= 0.6 is 0 Å². The Balaban J connectivity index is 1.71. The number of amides is 3. The molecule has 2 aliphatic heterocycles. The molecular weight excluding hydrogens is 384 g/mol. The molecular formula is C23H30N2O5. The smallest absolute Gasteiger partial charge is 0.241 e. The number of methoxy groups -OCH3 is 1. The van der Waals surface area contributed by atoms with Gasteiger partial charge in [0.1, 0.15) is 5.75 Å². The van der Waals surface area contributed by atoms with Gasteiger partial charge in [-0.05, 0) is 31.7 Å². The van der Waals surface area contributed by atoms with Gasteiger partial charge >= 0.3 is 0 Å². The third kappa shape index (κ3) is 3.60. The lowest BCUT2D eigenvalue weighted by Crippen LogP contribution is -2.48. The minimum Gasteiger partial charge on any atom is -0.496 e. The number of β-amino-alcohol motifs (C(OH)–C–C–N with tert-alkyl or cyclic N) is 1. The molecule has 2 heterocycles. The lowest BCUT2D eigenvalue weighted by molar-refractivity contribution is -0.145. The van der Waals surface area contributed by atoms with Crippen LogP contribution in [0.1, 0.15) is 56.9 Å². The molecule has 30 heavy (non-hydrogen) atoms. The van der Waals surface area contributed by atoms with E-state index in [0.717, 1.165) is 32.1 Å². The van der Waals surface area contributed by atoms with Crippen LogP contribution < -0.4 is 4.74 Å². The van der Waals surface area contributed by atoms with Crippen LogP contribution in [0.3, 0.4) is 0 Å². The summed E-state index contributed by atoms with van der Waals surface area (Å²) in [4.78, 5) is 43.2. The van der Waals surface area contributed by atoms with Crippen molar-refractivity contribution >= 4 is 17.7 Å². The molecule has 0 aromatic heterocycles. The molecule has 7 heteroatoms. The van der Waals surface area contributed by atoms with Crippen molar-refractivity contribution in [1.29, 1.82) is 0 Å². The van der Waals surface area contributed by atoms with Gasteiger partial charge in [-0.15, -0.1) is 0 Å². The fourth-order valence-electron chi connectivity index (χ4n) is 5.33. The zero-order valence-corrected chi connectivity index (χ0v) is 17.5. The zero-order chi connectivity index (χ0) is 21.3. The first kappa shape index (κ1) is 20.8. The topological polar surface area (TPSA) is 87.2 Å². The molecule has 1 aliphatic carbocycles. The number of rotatable bonds is 5. The van der Waals surface area contributed by atoms with Crippen molar-refractivity contribution in [3.05, 3.63) is 29.8 Å². The van der Waals surface area contributed by atoms with Gasteiger partial charge in [-0.1, -0.05) is 31.0 Å². The summed E-state index contributed by atoms with van der Waals surface area (Å²) in [6.45, 7) is 0.835. The van der Waals surface area contributed by atoms with Crippen molar-refractivity contribution < 1.29 is 24.2 Å². The lowest BCUT2D eigenvalue weighted by Gasteiger charge is -2.34. The minimum absolute atomic E-state index is 0.0230. The second-order valence-corrected chi connectivity index (χ2v) is 8.78. The highest BCUT2D eigenvalue weighted by Gasteiger charge is 2.57. The number of ether oxygens (including phenoxy) is 1. The standard InChI is InChI=1S/C23H30N2O5/c1-30-19-11-5-4-10-18(19)23(13-20(27)24-12-6-9-17(26)15-24)14-21(28)25(22(23)29)16-7-2-3-8-16/h4-5,10-11,16-17,26H,2-3,6-9,12-15H2,1H3/t17-,23+/m0/s1. The molecule has 0 bridgehead atoms. The first-order valence-corrected chi connectivity index (χ1v) is 10.9. The summed E-state index contributed by atoms with van der Waals surface area (Å²) in [5, 5.41) is 9.99. The van der Waals surface area contributed by atoms with Gasteiger partial charge < -0.3 is 14.7 Å². The minimum atomic E-state index is -1.26. The maximum atomic E-state index is 13.8. The first-order chi connectivity index (χ1) is 14.5. The molecule has 0 unspecified atom stereocenters. The van der Waals surface area contributed by atoms with Crippen LogP contribution in [0.2, 0.25) is 0 Å². The van der Waals surface area contributed by atoms with Crippen molar-refractivity contribution in [2.24, 2.45) is 0 Å². The highest BCUT2D eigenvalue weighted by Crippen LogP contribution is 2.46. The van der Waals surface area contributed by atoms with Crippen LogP contribution in [0.25, 0.3) is 0 Å². The van der Waals surface area contributed by atoms with E-state index in [4.69, 9.17) is 4.74 Å². The lowest BCUT2D eigenvalue weighted by atomic mass is 9.75. The van der Waals surface area contributed by atoms with E-state index in [1.54, 1.807) is 17.0 Å². The largest absolute Gasteiger partial charge is 0.496 e. The second kappa shape index (κ2) is 8.38. The van der Waals surface area contributed by atoms with Crippen LogP contribution in [0, 0.1) is 0 Å². The molecule has 7 nitrogen and oxygen atoms in total. The molecule has 1 aromatic rings. The van der Waals surface area contributed by atoms with Crippen LogP contribution in [0.5, 0.6) is 5.75 Å². The predicted octanol–water partition coefficient (Wildman–Crippen LogP) is 2.01. The van der Waals surface area contributed by atoms with E-state index < -0.39 is 11.5 Å². The highest BCUT2D eigenvalue weighted by molar-refractivity contribution is 6.11. The number of carbonyl (C=O) groups excluding carboxylic acids is 3. The Kier molecular flexibility index (Phi) is 5.82. The summed E-state index contributed by atoms with van der Waals surface area (Å²) in [6.07, 6.45) is 4.42. The number of hydrogen-bond donors (Lipinski definition) is 1. The van der Waals surface area contributed by atoms with Crippen molar-refractivity contribution in [3.8, 4) is 5.75 Å². The number of aliphatic hydroxyl groups excluding tert-OH is 1. The van der Waals surface area contributed by atoms with E-state index in [1.165, 1.54) is 12.0 Å². The monoisotopic (exact) mass is 414 g/mol. The molecule has 0 radical (unpaired) electrons. The molecule has 1 N–H and O–H groups in total. The summed E-state index contributed by atoms with van der Waals surface area (Å²) < 4.78 is 5.52. The SMILES string of the molecule is COc1ccccc1[C@@]1(CC(=O)N2CCC[C@H](O)C2)CC(=O)N(C2CCCC2)C1=O. The van der Waals surface area contributed by atoms with Crippen LogP contribution in [-0.4, -0.2) is 65.0 Å². The summed E-state index contributed by atoms with van der Waals surface area (Å²) >= 11 is 0. The van der Waals surface area contributed by atoms with Gasteiger partial charge in [0.05, 0.1) is 18.6 Å².